The third kappa shape index (κ3) is 4.50. The number of amides is 1. The smallest absolute Gasteiger partial charge is 0.295 e. The lowest BCUT2D eigenvalue weighted by atomic mass is 9.95. The number of hydrogen-bond acceptors (Lipinski definition) is 4. The fraction of sp³-hybridized carbons (Fsp3) is 0.333. The van der Waals surface area contributed by atoms with E-state index in [1.165, 1.54) is 0 Å². The molecule has 1 saturated heterocycles. The molecular formula is C24H27BrN2O3. The Labute approximate surface area is 186 Å². The van der Waals surface area contributed by atoms with E-state index in [2.05, 4.69) is 34.7 Å². The first-order valence-electron chi connectivity index (χ1n) is 10.2. The number of likely N-dealkylation sites (tertiary alicyclic amines) is 1. The number of hydrogen-bond donors (Lipinski definition) is 1. The largest absolute Gasteiger partial charge is 0.507 e. The molecule has 0 aliphatic carbocycles. The van der Waals surface area contributed by atoms with Crippen LogP contribution < -0.4 is 0 Å². The Morgan fingerprint density at radius 2 is 1.63 bits per heavy atom. The van der Waals surface area contributed by atoms with Crippen molar-refractivity contribution < 1.29 is 14.7 Å². The van der Waals surface area contributed by atoms with E-state index in [-0.39, 0.29) is 11.3 Å². The molecule has 1 atom stereocenters. The van der Waals surface area contributed by atoms with Gasteiger partial charge in [0.15, 0.2) is 0 Å². The van der Waals surface area contributed by atoms with Crippen LogP contribution >= 0.6 is 15.9 Å². The summed E-state index contributed by atoms with van der Waals surface area (Å²) in [5, 5.41) is 11.0. The summed E-state index contributed by atoms with van der Waals surface area (Å²) in [5.74, 6) is -1.34. The summed E-state index contributed by atoms with van der Waals surface area (Å²) in [7, 11) is 0. The van der Waals surface area contributed by atoms with Crippen molar-refractivity contribution in [2.24, 2.45) is 0 Å². The van der Waals surface area contributed by atoms with Crippen molar-refractivity contribution >= 4 is 33.4 Å². The van der Waals surface area contributed by atoms with E-state index in [4.69, 9.17) is 0 Å². The zero-order valence-corrected chi connectivity index (χ0v) is 19.1. The fourth-order valence-corrected chi connectivity index (χ4v) is 4.02. The monoisotopic (exact) mass is 470 g/mol. The Balaban J connectivity index is 2.08. The Bertz CT molecular complexity index is 947. The van der Waals surface area contributed by atoms with Crippen molar-refractivity contribution in [3.63, 3.8) is 0 Å². The number of likely N-dealkylation sites (N-methyl/N-ethyl adjacent to an activating group) is 1. The number of aliphatic hydroxyl groups excluding tert-OH is 1. The average molecular weight is 471 g/mol. The SMILES string of the molecule is CCN(CC)CCN1C(=O)C(=O)/C(=C(\O)c2ccc(C)cc2)C1c1ccc(Br)cc1. The first-order valence-corrected chi connectivity index (χ1v) is 11.0. The number of nitrogens with zero attached hydrogens (tertiary/aromatic N) is 2. The van der Waals surface area contributed by atoms with Gasteiger partial charge in [0.25, 0.3) is 11.7 Å². The summed E-state index contributed by atoms with van der Waals surface area (Å²) in [5.41, 5.74) is 2.52. The summed E-state index contributed by atoms with van der Waals surface area (Å²) in [6.07, 6.45) is 0. The topological polar surface area (TPSA) is 60.9 Å². The number of halogens is 1. The molecule has 1 heterocycles. The van der Waals surface area contributed by atoms with Gasteiger partial charge in [-0.2, -0.15) is 0 Å². The molecule has 1 fully saturated rings. The molecule has 1 aliphatic rings. The van der Waals surface area contributed by atoms with Crippen molar-refractivity contribution in [3.05, 3.63) is 75.3 Å². The van der Waals surface area contributed by atoms with Gasteiger partial charge in [0, 0.05) is 23.1 Å². The quantitative estimate of drug-likeness (QED) is 0.367. The van der Waals surface area contributed by atoms with E-state index < -0.39 is 17.7 Å². The third-order valence-corrected chi connectivity index (χ3v) is 6.13. The number of carbonyl (C=O) groups is 2. The molecule has 0 spiro atoms. The average Bonchev–Trinajstić information content (AvgIpc) is 3.00. The normalized spacial score (nSPS) is 18.4. The summed E-state index contributed by atoms with van der Waals surface area (Å²) in [4.78, 5) is 29.7. The minimum absolute atomic E-state index is 0.133. The van der Waals surface area contributed by atoms with Gasteiger partial charge in [0.05, 0.1) is 11.6 Å². The van der Waals surface area contributed by atoms with Crippen LogP contribution in [0.1, 0.15) is 36.6 Å². The lowest BCUT2D eigenvalue weighted by Crippen LogP contribution is -2.38. The summed E-state index contributed by atoms with van der Waals surface area (Å²) >= 11 is 3.43. The van der Waals surface area contributed by atoms with E-state index in [9.17, 15) is 14.7 Å². The molecule has 3 rings (SSSR count). The molecule has 1 amide bonds. The van der Waals surface area contributed by atoms with Crippen LogP contribution in [0.25, 0.3) is 5.76 Å². The molecule has 0 radical (unpaired) electrons. The van der Waals surface area contributed by atoms with Gasteiger partial charge in [0.2, 0.25) is 0 Å². The van der Waals surface area contributed by atoms with E-state index in [1.54, 1.807) is 17.0 Å². The van der Waals surface area contributed by atoms with Crippen LogP contribution in [-0.4, -0.2) is 52.8 Å². The number of aliphatic hydroxyl groups is 1. The van der Waals surface area contributed by atoms with Gasteiger partial charge in [-0.1, -0.05) is 71.7 Å². The molecule has 1 aliphatic heterocycles. The molecular weight excluding hydrogens is 444 g/mol. The predicted molar refractivity (Wildman–Crippen MR) is 122 cm³/mol. The Hall–Kier alpha value is -2.44. The van der Waals surface area contributed by atoms with Gasteiger partial charge < -0.3 is 14.9 Å². The van der Waals surface area contributed by atoms with E-state index >= 15 is 0 Å². The van der Waals surface area contributed by atoms with Crippen molar-refractivity contribution in [3.8, 4) is 0 Å². The molecule has 158 valence electrons. The first kappa shape index (κ1) is 22.2. The molecule has 1 N–H and O–H groups in total. The molecule has 30 heavy (non-hydrogen) atoms. The number of rotatable bonds is 7. The number of Topliss-reactive ketones (excluding diaryl/α,β-unsaturated/α-hetero) is 1. The van der Waals surface area contributed by atoms with Crippen LogP contribution in [0.3, 0.4) is 0 Å². The highest BCUT2D eigenvalue weighted by molar-refractivity contribution is 9.10. The fourth-order valence-electron chi connectivity index (χ4n) is 3.76. The highest BCUT2D eigenvalue weighted by atomic mass is 79.9. The summed E-state index contributed by atoms with van der Waals surface area (Å²) in [6, 6.07) is 14.2. The van der Waals surface area contributed by atoms with Gasteiger partial charge in [0.1, 0.15) is 5.76 Å². The van der Waals surface area contributed by atoms with E-state index in [0.29, 0.717) is 18.7 Å². The maximum absolute atomic E-state index is 13.0. The van der Waals surface area contributed by atoms with Crippen LogP contribution in [0, 0.1) is 6.92 Å². The van der Waals surface area contributed by atoms with Crippen LogP contribution in [0.4, 0.5) is 0 Å². The Morgan fingerprint density at radius 3 is 2.20 bits per heavy atom. The minimum Gasteiger partial charge on any atom is -0.507 e. The van der Waals surface area contributed by atoms with Crippen LogP contribution in [0.15, 0.2) is 58.6 Å². The predicted octanol–water partition coefficient (Wildman–Crippen LogP) is 4.52. The standard InChI is InChI=1S/C24H27BrN2O3/c1-4-26(5-2)14-15-27-21(17-10-12-19(25)13-11-17)20(23(29)24(27)30)22(28)18-8-6-16(3)7-9-18/h6-13,21,28H,4-5,14-15H2,1-3H3/b22-20-. The highest BCUT2D eigenvalue weighted by Gasteiger charge is 2.45. The van der Waals surface area contributed by atoms with E-state index in [1.807, 2.05) is 43.3 Å². The van der Waals surface area contributed by atoms with Gasteiger partial charge in [-0.3, -0.25) is 9.59 Å². The third-order valence-electron chi connectivity index (χ3n) is 5.60. The molecule has 0 saturated carbocycles. The van der Waals surface area contributed by atoms with Crippen LogP contribution in [0.5, 0.6) is 0 Å². The zero-order chi connectivity index (χ0) is 21.8. The van der Waals surface area contributed by atoms with Gasteiger partial charge in [-0.25, -0.2) is 0 Å². The lowest BCUT2D eigenvalue weighted by molar-refractivity contribution is -0.140. The van der Waals surface area contributed by atoms with Gasteiger partial charge in [-0.05, 0) is 37.7 Å². The Morgan fingerprint density at radius 1 is 1.03 bits per heavy atom. The zero-order valence-electron chi connectivity index (χ0n) is 17.6. The van der Waals surface area contributed by atoms with Gasteiger partial charge >= 0.3 is 0 Å². The van der Waals surface area contributed by atoms with Crippen molar-refractivity contribution in [2.75, 3.05) is 26.2 Å². The second kappa shape index (κ2) is 9.58. The number of carbonyl (C=O) groups excluding carboxylic acids is 2. The minimum atomic E-state index is -0.638. The summed E-state index contributed by atoms with van der Waals surface area (Å²) in [6.45, 7) is 8.91. The number of aryl methyl sites for hydroxylation is 1. The maximum Gasteiger partial charge on any atom is 0.295 e. The molecule has 2 aromatic carbocycles. The van der Waals surface area contributed by atoms with Crippen LogP contribution in [0.2, 0.25) is 0 Å². The second-order valence-electron chi connectivity index (χ2n) is 7.44. The van der Waals surface area contributed by atoms with Crippen molar-refractivity contribution in [1.29, 1.82) is 0 Å². The van der Waals surface area contributed by atoms with Gasteiger partial charge in [-0.15, -0.1) is 0 Å². The second-order valence-corrected chi connectivity index (χ2v) is 8.35. The first-order chi connectivity index (χ1) is 14.4. The Kier molecular flexibility index (Phi) is 7.10. The molecule has 0 bridgehead atoms. The summed E-state index contributed by atoms with van der Waals surface area (Å²) < 4.78 is 0.907. The van der Waals surface area contributed by atoms with Crippen molar-refractivity contribution in [2.45, 2.75) is 26.8 Å². The molecule has 1 unspecified atom stereocenters. The van der Waals surface area contributed by atoms with Crippen LogP contribution in [-0.2, 0) is 9.59 Å². The molecule has 0 aromatic heterocycles. The number of ketones is 1. The highest BCUT2D eigenvalue weighted by Crippen LogP contribution is 2.39. The van der Waals surface area contributed by atoms with E-state index in [0.717, 1.165) is 28.7 Å². The maximum atomic E-state index is 13.0. The molecule has 5 nitrogen and oxygen atoms in total. The molecule has 2 aromatic rings. The van der Waals surface area contributed by atoms with Crippen molar-refractivity contribution in [1.82, 2.24) is 9.80 Å². The lowest BCUT2D eigenvalue weighted by Gasteiger charge is -2.28. The number of benzene rings is 2. The molecule has 6 heteroatoms.